The second kappa shape index (κ2) is 8.06. The lowest BCUT2D eigenvalue weighted by atomic mass is 10.0. The number of thioether (sulfide) groups is 2. The Labute approximate surface area is 138 Å². The summed E-state index contributed by atoms with van der Waals surface area (Å²) in [5.41, 5.74) is 0.791. The van der Waals surface area contributed by atoms with Gasteiger partial charge in [0.1, 0.15) is 5.82 Å². The summed E-state index contributed by atoms with van der Waals surface area (Å²) in [5.74, 6) is 2.23. The highest BCUT2D eigenvalue weighted by Gasteiger charge is 2.32. The van der Waals surface area contributed by atoms with Gasteiger partial charge in [-0.2, -0.15) is 23.5 Å². The van der Waals surface area contributed by atoms with Gasteiger partial charge in [0.25, 0.3) is 0 Å². The number of halogens is 2. The summed E-state index contributed by atoms with van der Waals surface area (Å²) in [7, 11) is 0. The van der Waals surface area contributed by atoms with Crippen molar-refractivity contribution in [3.63, 3.8) is 0 Å². The van der Waals surface area contributed by atoms with Gasteiger partial charge in [-0.05, 0) is 35.0 Å². The zero-order chi connectivity index (χ0) is 14.5. The summed E-state index contributed by atoms with van der Waals surface area (Å²) in [5, 5.41) is 4.52. The van der Waals surface area contributed by atoms with Gasteiger partial charge in [-0.3, -0.25) is 0 Å². The topological polar surface area (TPSA) is 12.0 Å². The molecule has 1 aromatic carbocycles. The maximum atomic E-state index is 14.5. The molecule has 1 aliphatic rings. The van der Waals surface area contributed by atoms with Crippen molar-refractivity contribution in [3.05, 3.63) is 34.1 Å². The van der Waals surface area contributed by atoms with Crippen molar-refractivity contribution >= 4 is 39.5 Å². The molecule has 3 unspecified atom stereocenters. The molecule has 20 heavy (non-hydrogen) atoms. The fourth-order valence-electron chi connectivity index (χ4n) is 2.48. The first-order valence-corrected chi connectivity index (χ1v) is 9.94. The average Bonchev–Trinajstić information content (AvgIpc) is 2.45. The fraction of sp³-hybridized carbons (Fsp3) is 0.600. The lowest BCUT2D eigenvalue weighted by Crippen LogP contribution is -2.38. The molecule has 0 saturated carbocycles. The van der Waals surface area contributed by atoms with Crippen molar-refractivity contribution in [1.82, 2.24) is 5.32 Å². The van der Waals surface area contributed by atoms with Gasteiger partial charge in [-0.25, -0.2) is 4.39 Å². The Morgan fingerprint density at radius 1 is 1.40 bits per heavy atom. The van der Waals surface area contributed by atoms with Crippen molar-refractivity contribution in [2.75, 3.05) is 18.1 Å². The molecule has 1 aliphatic heterocycles. The standard InChI is InChI=1S/C15H21BrFNS2/c1-3-7-18-14(15-10(2)19-8-9-20-15)11-5-4-6-12(16)13(11)17/h4-6,10,14-15,18H,3,7-9H2,1-2H3. The van der Waals surface area contributed by atoms with E-state index in [0.29, 0.717) is 15.0 Å². The third-order valence-electron chi connectivity index (χ3n) is 3.50. The van der Waals surface area contributed by atoms with Crippen LogP contribution in [0, 0.1) is 5.82 Å². The molecule has 1 heterocycles. The van der Waals surface area contributed by atoms with Gasteiger partial charge in [-0.15, -0.1) is 0 Å². The van der Waals surface area contributed by atoms with Crippen molar-refractivity contribution < 1.29 is 4.39 Å². The SMILES string of the molecule is CCCNC(c1cccc(Br)c1F)C1SCCSC1C. The summed E-state index contributed by atoms with van der Waals surface area (Å²) < 4.78 is 15.0. The van der Waals surface area contributed by atoms with Gasteiger partial charge < -0.3 is 5.32 Å². The molecular weight excluding hydrogens is 357 g/mol. The second-order valence-electron chi connectivity index (χ2n) is 4.99. The molecule has 0 bridgehead atoms. The van der Waals surface area contributed by atoms with Crippen LogP contribution in [0.25, 0.3) is 0 Å². The van der Waals surface area contributed by atoms with Crippen molar-refractivity contribution in [3.8, 4) is 0 Å². The summed E-state index contributed by atoms with van der Waals surface area (Å²) in [6.07, 6.45) is 1.06. The number of nitrogens with one attached hydrogen (secondary N) is 1. The molecule has 0 spiro atoms. The number of rotatable bonds is 5. The maximum Gasteiger partial charge on any atom is 0.142 e. The van der Waals surface area contributed by atoms with E-state index in [1.807, 2.05) is 35.7 Å². The van der Waals surface area contributed by atoms with Crippen LogP contribution in [0.3, 0.4) is 0 Å². The minimum absolute atomic E-state index is 0.0836. The number of hydrogen-bond acceptors (Lipinski definition) is 3. The van der Waals surface area contributed by atoms with Crippen LogP contribution < -0.4 is 5.32 Å². The smallest absolute Gasteiger partial charge is 0.142 e. The molecule has 1 fully saturated rings. The van der Waals surface area contributed by atoms with E-state index in [4.69, 9.17) is 0 Å². The number of benzene rings is 1. The van der Waals surface area contributed by atoms with Crippen molar-refractivity contribution in [1.29, 1.82) is 0 Å². The minimum Gasteiger partial charge on any atom is -0.309 e. The average molecular weight is 378 g/mol. The first-order chi connectivity index (χ1) is 9.65. The van der Waals surface area contributed by atoms with Gasteiger partial charge in [0, 0.05) is 33.6 Å². The molecule has 5 heteroatoms. The molecule has 0 aromatic heterocycles. The van der Waals surface area contributed by atoms with Gasteiger partial charge in [0.15, 0.2) is 0 Å². The van der Waals surface area contributed by atoms with Crippen molar-refractivity contribution in [2.45, 2.75) is 36.8 Å². The zero-order valence-electron chi connectivity index (χ0n) is 11.9. The first-order valence-electron chi connectivity index (χ1n) is 7.05. The Hall–Kier alpha value is 0.290. The largest absolute Gasteiger partial charge is 0.309 e. The quantitative estimate of drug-likeness (QED) is 0.786. The molecule has 1 saturated heterocycles. The summed E-state index contributed by atoms with van der Waals surface area (Å²) >= 11 is 7.28. The molecule has 0 aliphatic carbocycles. The highest BCUT2D eigenvalue weighted by atomic mass is 79.9. The van der Waals surface area contributed by atoms with Crippen LogP contribution in [0.1, 0.15) is 31.9 Å². The van der Waals surface area contributed by atoms with Crippen LogP contribution in [0.2, 0.25) is 0 Å². The Morgan fingerprint density at radius 3 is 2.85 bits per heavy atom. The second-order valence-corrected chi connectivity index (χ2v) is 8.61. The predicted octanol–water partition coefficient (Wildman–Crippen LogP) is 4.87. The lowest BCUT2D eigenvalue weighted by Gasteiger charge is -2.35. The van der Waals surface area contributed by atoms with Crippen LogP contribution in [0.15, 0.2) is 22.7 Å². The normalized spacial score (nSPS) is 24.6. The van der Waals surface area contributed by atoms with Crippen LogP contribution in [-0.2, 0) is 0 Å². The molecule has 0 radical (unpaired) electrons. The monoisotopic (exact) mass is 377 g/mol. The molecule has 2 rings (SSSR count). The zero-order valence-corrected chi connectivity index (χ0v) is 15.1. The summed E-state index contributed by atoms with van der Waals surface area (Å²) in [6.45, 7) is 5.33. The Morgan fingerprint density at radius 2 is 2.15 bits per heavy atom. The van der Waals surface area contributed by atoms with Gasteiger partial charge >= 0.3 is 0 Å². The fourth-order valence-corrected chi connectivity index (χ4v) is 5.80. The number of hydrogen-bond donors (Lipinski definition) is 1. The molecular formula is C15H21BrFNS2. The molecule has 1 aromatic rings. The Balaban J connectivity index is 2.28. The molecule has 3 atom stereocenters. The van der Waals surface area contributed by atoms with E-state index in [2.05, 4.69) is 35.1 Å². The van der Waals surface area contributed by atoms with Crippen LogP contribution >= 0.6 is 39.5 Å². The summed E-state index contributed by atoms with van der Waals surface area (Å²) in [4.78, 5) is 0. The van der Waals surface area contributed by atoms with Crippen LogP contribution in [0.5, 0.6) is 0 Å². The molecule has 1 N–H and O–H groups in total. The summed E-state index contributed by atoms with van der Waals surface area (Å²) in [6, 6.07) is 5.69. The van der Waals surface area contributed by atoms with Gasteiger partial charge in [0.2, 0.25) is 0 Å². The first kappa shape index (κ1) is 16.7. The molecule has 1 nitrogen and oxygen atoms in total. The van der Waals surface area contributed by atoms with E-state index in [-0.39, 0.29) is 11.9 Å². The molecule has 0 amide bonds. The highest BCUT2D eigenvalue weighted by molar-refractivity contribution is 9.10. The van der Waals surface area contributed by atoms with E-state index in [1.165, 1.54) is 5.75 Å². The van der Waals surface area contributed by atoms with E-state index in [0.717, 1.165) is 24.3 Å². The van der Waals surface area contributed by atoms with Gasteiger partial charge in [0.05, 0.1) is 4.47 Å². The van der Waals surface area contributed by atoms with Crippen LogP contribution in [-0.4, -0.2) is 28.6 Å². The van der Waals surface area contributed by atoms with E-state index in [9.17, 15) is 4.39 Å². The van der Waals surface area contributed by atoms with Crippen molar-refractivity contribution in [2.24, 2.45) is 0 Å². The maximum absolute atomic E-state index is 14.5. The Bertz CT molecular complexity index is 444. The Kier molecular flexibility index (Phi) is 6.72. The lowest BCUT2D eigenvalue weighted by molar-refractivity contribution is 0.480. The van der Waals surface area contributed by atoms with E-state index >= 15 is 0 Å². The molecule has 112 valence electrons. The van der Waals surface area contributed by atoms with E-state index in [1.54, 1.807) is 6.07 Å². The van der Waals surface area contributed by atoms with E-state index < -0.39 is 0 Å². The third-order valence-corrected chi connectivity index (χ3v) is 7.30. The highest BCUT2D eigenvalue weighted by Crippen LogP contribution is 2.40. The van der Waals surface area contributed by atoms with Crippen LogP contribution in [0.4, 0.5) is 4.39 Å². The minimum atomic E-state index is -0.121. The predicted molar refractivity (Wildman–Crippen MR) is 93.3 cm³/mol. The third kappa shape index (κ3) is 3.93. The van der Waals surface area contributed by atoms with Gasteiger partial charge in [-0.1, -0.05) is 26.0 Å².